The van der Waals surface area contributed by atoms with Crippen LogP contribution >= 0.6 is 0 Å². The van der Waals surface area contributed by atoms with E-state index in [0.29, 0.717) is 34.7 Å². The van der Waals surface area contributed by atoms with E-state index in [2.05, 4.69) is 22.2 Å². The van der Waals surface area contributed by atoms with E-state index < -0.39 is 48.2 Å². The molecule has 272 valence electrons. The Balaban J connectivity index is 1.85. The van der Waals surface area contributed by atoms with E-state index in [1.807, 2.05) is 6.07 Å². The van der Waals surface area contributed by atoms with Crippen LogP contribution in [-0.4, -0.2) is 27.9 Å². The molecular weight excluding hydrogens is 695 g/mol. The van der Waals surface area contributed by atoms with Crippen LogP contribution in [0.25, 0.3) is 21.9 Å². The lowest BCUT2D eigenvalue weighted by molar-refractivity contribution is -0.0504. The van der Waals surface area contributed by atoms with Crippen molar-refractivity contribution in [1.29, 1.82) is 0 Å². The Morgan fingerprint density at radius 2 is 0.980 bits per heavy atom. The van der Waals surface area contributed by atoms with Gasteiger partial charge in [-0.25, -0.2) is 0 Å². The lowest BCUT2D eigenvalue weighted by Gasteiger charge is -2.33. The molecule has 0 amide bonds. The van der Waals surface area contributed by atoms with Crippen LogP contribution in [0.15, 0.2) is 48.5 Å². The summed E-state index contributed by atoms with van der Waals surface area (Å²) >= 11 is 0. The van der Waals surface area contributed by atoms with Gasteiger partial charge in [-0.15, -0.1) is 0 Å². The molecule has 49 heavy (non-hydrogen) atoms. The minimum absolute atomic E-state index is 0.410. The molecule has 0 saturated heterocycles. The number of benzene rings is 3. The quantitative estimate of drug-likeness (QED) is 0.0559. The molecule has 1 aliphatic rings. The fourth-order valence-corrected chi connectivity index (χ4v) is 7.63. The summed E-state index contributed by atoms with van der Waals surface area (Å²) in [5.74, 6) is -0.998. The molecule has 0 bridgehead atoms. The average molecular weight is 737 g/mol. The molecule has 3 aromatic carbocycles. The standard InChI is InChI=1S/C35H42F6O6S2/c1-3-5-7-9-11-13-19-33(20-14-12-10-8-6-4-2)31-23-26-21-27(46-48(42,43)34(36,37)38)16-15-25(26)22-30(31)29-18-17-28(24-32(29)33)47-49(44,45)35(39,40)41/h15-18,21-24H,3-14,19-20H2,1-2H3. The highest BCUT2D eigenvalue weighted by Crippen LogP contribution is 2.56. The van der Waals surface area contributed by atoms with Gasteiger partial charge in [0.05, 0.1) is 0 Å². The third kappa shape index (κ3) is 8.84. The first-order valence-electron chi connectivity index (χ1n) is 16.7. The minimum atomic E-state index is -5.94. The summed E-state index contributed by atoms with van der Waals surface area (Å²) in [5, 5.41) is 0.976. The van der Waals surface area contributed by atoms with E-state index in [1.165, 1.54) is 24.3 Å². The number of hydrogen-bond acceptors (Lipinski definition) is 6. The largest absolute Gasteiger partial charge is 0.534 e. The van der Waals surface area contributed by atoms with Crippen molar-refractivity contribution >= 4 is 31.0 Å². The first-order chi connectivity index (χ1) is 23.0. The first kappa shape index (κ1) is 38.8. The van der Waals surface area contributed by atoms with Crippen molar-refractivity contribution in [2.75, 3.05) is 0 Å². The Kier molecular flexibility index (Phi) is 12.3. The zero-order valence-electron chi connectivity index (χ0n) is 27.6. The Morgan fingerprint density at radius 1 is 0.531 bits per heavy atom. The van der Waals surface area contributed by atoms with Gasteiger partial charge in [0.2, 0.25) is 0 Å². The molecule has 0 radical (unpaired) electrons. The second kappa shape index (κ2) is 15.5. The van der Waals surface area contributed by atoms with Crippen LogP contribution in [0.4, 0.5) is 26.3 Å². The highest BCUT2D eigenvalue weighted by molar-refractivity contribution is 7.88. The molecule has 0 fully saturated rings. The normalized spacial score (nSPS) is 14.5. The summed E-state index contributed by atoms with van der Waals surface area (Å²) in [6.07, 6.45) is 12.8. The molecule has 0 spiro atoms. The van der Waals surface area contributed by atoms with Gasteiger partial charge in [-0.1, -0.05) is 103 Å². The molecule has 0 aromatic heterocycles. The molecule has 4 rings (SSSR count). The van der Waals surface area contributed by atoms with Crippen molar-refractivity contribution < 1.29 is 51.5 Å². The van der Waals surface area contributed by atoms with Crippen molar-refractivity contribution in [1.82, 2.24) is 0 Å². The van der Waals surface area contributed by atoms with E-state index in [-0.39, 0.29) is 0 Å². The van der Waals surface area contributed by atoms with Crippen molar-refractivity contribution in [3.05, 3.63) is 59.7 Å². The second-order valence-electron chi connectivity index (χ2n) is 12.7. The van der Waals surface area contributed by atoms with Crippen molar-refractivity contribution in [3.63, 3.8) is 0 Å². The summed E-state index contributed by atoms with van der Waals surface area (Å²) in [5.41, 5.74) is -9.20. The number of hydrogen-bond donors (Lipinski definition) is 0. The van der Waals surface area contributed by atoms with Crippen molar-refractivity contribution in [3.8, 4) is 22.6 Å². The topological polar surface area (TPSA) is 86.7 Å². The maximum absolute atomic E-state index is 13.3. The molecule has 1 aliphatic carbocycles. The third-order valence-corrected chi connectivity index (χ3v) is 11.1. The summed E-state index contributed by atoms with van der Waals surface area (Å²) in [7, 11) is -11.9. The number of fused-ring (bicyclic) bond motifs is 4. The van der Waals surface area contributed by atoms with Gasteiger partial charge in [0.15, 0.2) is 0 Å². The maximum atomic E-state index is 13.3. The van der Waals surface area contributed by atoms with Crippen molar-refractivity contribution in [2.24, 2.45) is 0 Å². The van der Waals surface area contributed by atoms with Gasteiger partial charge < -0.3 is 8.37 Å². The lowest BCUT2D eigenvalue weighted by atomic mass is 9.70. The summed E-state index contributed by atoms with van der Waals surface area (Å²) in [4.78, 5) is 0. The molecule has 14 heteroatoms. The number of unbranched alkanes of at least 4 members (excludes halogenated alkanes) is 10. The molecule has 0 heterocycles. The lowest BCUT2D eigenvalue weighted by Crippen LogP contribution is -2.28. The van der Waals surface area contributed by atoms with Crippen LogP contribution in [0.2, 0.25) is 0 Å². The van der Waals surface area contributed by atoms with Crippen LogP contribution in [-0.2, 0) is 25.7 Å². The molecular formula is C35H42F6O6S2. The number of rotatable bonds is 18. The van der Waals surface area contributed by atoms with Gasteiger partial charge in [-0.3, -0.25) is 0 Å². The summed E-state index contributed by atoms with van der Waals surface area (Å²) < 4.78 is 135. The summed E-state index contributed by atoms with van der Waals surface area (Å²) in [6, 6.07) is 11.4. The first-order valence-corrected chi connectivity index (χ1v) is 19.5. The zero-order valence-corrected chi connectivity index (χ0v) is 29.2. The molecule has 0 saturated carbocycles. The minimum Gasteiger partial charge on any atom is -0.376 e. The van der Waals surface area contributed by atoms with Gasteiger partial charge in [0.1, 0.15) is 11.5 Å². The van der Waals surface area contributed by atoms with E-state index in [1.54, 1.807) is 12.1 Å². The highest BCUT2D eigenvalue weighted by Gasteiger charge is 2.50. The fourth-order valence-electron chi connectivity index (χ4n) is 6.72. The number of alkyl halides is 6. The Morgan fingerprint density at radius 3 is 1.49 bits per heavy atom. The number of halogens is 6. The highest BCUT2D eigenvalue weighted by atomic mass is 32.2. The van der Waals surface area contributed by atoms with E-state index in [9.17, 15) is 43.2 Å². The van der Waals surface area contributed by atoms with Gasteiger partial charge in [0, 0.05) is 5.41 Å². The molecule has 0 unspecified atom stereocenters. The third-order valence-electron chi connectivity index (χ3n) is 9.15. The average Bonchev–Trinajstić information content (AvgIpc) is 3.26. The van der Waals surface area contributed by atoms with Gasteiger partial charge in [0.25, 0.3) is 0 Å². The smallest absolute Gasteiger partial charge is 0.376 e. The van der Waals surface area contributed by atoms with Crippen LogP contribution in [0, 0.1) is 0 Å². The van der Waals surface area contributed by atoms with Gasteiger partial charge in [-0.05, 0) is 82.3 Å². The van der Waals surface area contributed by atoms with E-state index in [4.69, 9.17) is 0 Å². The molecule has 3 aromatic rings. The zero-order chi connectivity index (χ0) is 36.1. The monoisotopic (exact) mass is 736 g/mol. The Hall–Kier alpha value is -3.00. The van der Waals surface area contributed by atoms with Gasteiger partial charge >= 0.3 is 31.3 Å². The molecule has 6 nitrogen and oxygen atoms in total. The predicted octanol–water partition coefficient (Wildman–Crippen LogP) is 11.1. The summed E-state index contributed by atoms with van der Waals surface area (Å²) in [6.45, 7) is 4.22. The molecule has 0 aliphatic heterocycles. The Bertz CT molecular complexity index is 1800. The molecule has 0 atom stereocenters. The van der Waals surface area contributed by atoms with Crippen molar-refractivity contribution in [2.45, 2.75) is 120 Å². The Labute approximate surface area is 284 Å². The van der Waals surface area contributed by atoms with E-state index >= 15 is 0 Å². The second-order valence-corrected chi connectivity index (χ2v) is 15.8. The predicted molar refractivity (Wildman–Crippen MR) is 177 cm³/mol. The van der Waals surface area contributed by atoms with Crippen LogP contribution in [0.1, 0.15) is 115 Å². The van der Waals surface area contributed by atoms with E-state index in [0.717, 1.165) is 94.2 Å². The van der Waals surface area contributed by atoms with Crippen LogP contribution < -0.4 is 8.37 Å². The SMILES string of the molecule is CCCCCCCCC1(CCCCCCCC)c2cc(OS(=O)(=O)C(F)(F)F)ccc2-c2cc3ccc(OS(=O)(=O)C(F)(F)F)cc3cc21. The molecule has 0 N–H and O–H groups in total. The van der Waals surface area contributed by atoms with Crippen LogP contribution in [0.5, 0.6) is 11.5 Å². The van der Waals surface area contributed by atoms with Crippen LogP contribution in [0.3, 0.4) is 0 Å². The fraction of sp³-hybridized carbons (Fsp3) is 0.543. The maximum Gasteiger partial charge on any atom is 0.534 e. The van der Waals surface area contributed by atoms with Gasteiger partial charge in [-0.2, -0.15) is 43.2 Å².